The number of hydrogen-bond donors (Lipinski definition) is 1. The Balaban J connectivity index is 2.03. The lowest BCUT2D eigenvalue weighted by Gasteiger charge is -2.34. The lowest BCUT2D eigenvalue weighted by atomic mass is 9.82. The summed E-state index contributed by atoms with van der Waals surface area (Å²) >= 11 is 0. The van der Waals surface area contributed by atoms with Crippen molar-refractivity contribution in [2.24, 2.45) is 5.92 Å². The minimum Gasteiger partial charge on any atom is -0.504 e. The van der Waals surface area contributed by atoms with E-state index in [1.165, 1.54) is 14.2 Å². The lowest BCUT2D eigenvalue weighted by molar-refractivity contribution is -0.141. The molecule has 7 nitrogen and oxygen atoms in total. The summed E-state index contributed by atoms with van der Waals surface area (Å²) in [6.07, 6.45) is 2.49. The largest absolute Gasteiger partial charge is 0.504 e. The Bertz CT molecular complexity index is 704. The second-order valence-corrected chi connectivity index (χ2v) is 8.55. The number of piperidine rings is 1. The number of phenols is 1. The highest BCUT2D eigenvalue weighted by molar-refractivity contribution is 5.70. The van der Waals surface area contributed by atoms with Gasteiger partial charge in [0.15, 0.2) is 11.5 Å². The van der Waals surface area contributed by atoms with Crippen LogP contribution in [0.5, 0.6) is 11.5 Å². The van der Waals surface area contributed by atoms with Gasteiger partial charge in [-0.2, -0.15) is 0 Å². The number of likely N-dealkylation sites (tertiary alicyclic amines) is 1. The molecule has 1 aromatic carbocycles. The molecule has 1 unspecified atom stereocenters. The number of phenolic OH excluding ortho intramolecular Hbond substituents is 1. The molecule has 0 radical (unpaired) electrons. The summed E-state index contributed by atoms with van der Waals surface area (Å²) < 4.78 is 15.5. The van der Waals surface area contributed by atoms with Crippen LogP contribution < -0.4 is 4.74 Å². The van der Waals surface area contributed by atoms with E-state index in [2.05, 4.69) is 0 Å². The van der Waals surface area contributed by atoms with Crippen molar-refractivity contribution in [2.45, 2.75) is 58.0 Å². The Hall–Kier alpha value is -2.44. The highest BCUT2D eigenvalue weighted by Gasteiger charge is 2.29. The Labute approximate surface area is 172 Å². The Morgan fingerprint density at radius 3 is 2.41 bits per heavy atom. The molecule has 1 aliphatic rings. The summed E-state index contributed by atoms with van der Waals surface area (Å²) in [5.74, 6) is 0.516. The van der Waals surface area contributed by atoms with Crippen molar-refractivity contribution in [3.63, 3.8) is 0 Å². The lowest BCUT2D eigenvalue weighted by Crippen LogP contribution is -2.41. The average Bonchev–Trinajstić information content (AvgIpc) is 2.67. The van der Waals surface area contributed by atoms with E-state index in [1.54, 1.807) is 17.0 Å². The molecule has 0 saturated carbocycles. The molecule has 1 amide bonds. The molecule has 1 atom stereocenters. The van der Waals surface area contributed by atoms with Crippen LogP contribution in [0.2, 0.25) is 0 Å². The Kier molecular flexibility index (Phi) is 7.76. The van der Waals surface area contributed by atoms with E-state index in [-0.39, 0.29) is 30.2 Å². The summed E-state index contributed by atoms with van der Waals surface area (Å²) in [6.45, 7) is 6.87. The van der Waals surface area contributed by atoms with Crippen molar-refractivity contribution in [1.29, 1.82) is 0 Å². The second-order valence-electron chi connectivity index (χ2n) is 8.55. The average molecular weight is 408 g/mol. The first-order valence-electron chi connectivity index (χ1n) is 10.0. The van der Waals surface area contributed by atoms with Crippen LogP contribution in [0.15, 0.2) is 18.2 Å². The number of benzene rings is 1. The number of carbonyl (C=O) groups excluding carboxylic acids is 2. The number of aromatic hydroxyl groups is 1. The first-order chi connectivity index (χ1) is 13.6. The van der Waals surface area contributed by atoms with Crippen LogP contribution in [0.25, 0.3) is 0 Å². The summed E-state index contributed by atoms with van der Waals surface area (Å²) in [6, 6.07) is 5.18. The molecule has 1 saturated heterocycles. The third-order valence-corrected chi connectivity index (χ3v) is 5.20. The molecular formula is C22H33NO6. The molecular weight excluding hydrogens is 374 g/mol. The van der Waals surface area contributed by atoms with Gasteiger partial charge in [0, 0.05) is 13.1 Å². The second kappa shape index (κ2) is 9.85. The van der Waals surface area contributed by atoms with Gasteiger partial charge >= 0.3 is 12.1 Å². The third kappa shape index (κ3) is 6.84. The highest BCUT2D eigenvalue weighted by Crippen LogP contribution is 2.36. The smallest absolute Gasteiger partial charge is 0.410 e. The minimum atomic E-state index is -0.503. The fourth-order valence-electron chi connectivity index (χ4n) is 3.65. The zero-order valence-electron chi connectivity index (χ0n) is 18.1. The van der Waals surface area contributed by atoms with E-state index in [1.807, 2.05) is 26.8 Å². The first-order valence-corrected chi connectivity index (χ1v) is 10.0. The van der Waals surface area contributed by atoms with Crippen LogP contribution in [0.1, 0.15) is 57.9 Å². The normalized spacial score (nSPS) is 16.2. The number of esters is 1. The molecule has 1 N–H and O–H groups in total. The Morgan fingerprint density at radius 1 is 1.21 bits per heavy atom. The number of carbonyl (C=O) groups is 2. The van der Waals surface area contributed by atoms with E-state index in [0.717, 1.165) is 24.8 Å². The zero-order chi connectivity index (χ0) is 21.6. The summed E-state index contributed by atoms with van der Waals surface area (Å²) in [5, 5.41) is 9.86. The minimum absolute atomic E-state index is 0.0463. The fraction of sp³-hybridized carbons (Fsp3) is 0.636. The number of methoxy groups -OCH3 is 2. The quantitative estimate of drug-likeness (QED) is 0.715. The summed E-state index contributed by atoms with van der Waals surface area (Å²) in [7, 11) is 2.89. The van der Waals surface area contributed by atoms with Gasteiger partial charge in [0.25, 0.3) is 0 Å². The van der Waals surface area contributed by atoms with Crippen molar-refractivity contribution in [3.05, 3.63) is 23.8 Å². The summed E-state index contributed by atoms with van der Waals surface area (Å²) in [4.78, 5) is 26.0. The van der Waals surface area contributed by atoms with Crippen molar-refractivity contribution >= 4 is 12.1 Å². The number of rotatable bonds is 6. The molecule has 1 fully saturated rings. The van der Waals surface area contributed by atoms with Gasteiger partial charge in [-0.15, -0.1) is 0 Å². The predicted octanol–water partition coefficient (Wildman–Crippen LogP) is 4.08. The maximum atomic E-state index is 12.3. The van der Waals surface area contributed by atoms with Crippen LogP contribution in [-0.2, 0) is 14.3 Å². The van der Waals surface area contributed by atoms with Crippen molar-refractivity contribution < 1.29 is 28.9 Å². The van der Waals surface area contributed by atoms with Crippen molar-refractivity contribution in [1.82, 2.24) is 4.90 Å². The molecule has 162 valence electrons. The maximum absolute atomic E-state index is 12.3. The molecule has 0 aromatic heterocycles. The molecule has 1 heterocycles. The third-order valence-electron chi connectivity index (χ3n) is 5.20. The molecule has 29 heavy (non-hydrogen) atoms. The fourth-order valence-corrected chi connectivity index (χ4v) is 3.65. The predicted molar refractivity (Wildman–Crippen MR) is 109 cm³/mol. The first kappa shape index (κ1) is 22.8. The monoisotopic (exact) mass is 407 g/mol. The van der Waals surface area contributed by atoms with Crippen LogP contribution in [0.4, 0.5) is 4.79 Å². The van der Waals surface area contributed by atoms with Gasteiger partial charge in [-0.3, -0.25) is 4.79 Å². The van der Waals surface area contributed by atoms with Gasteiger partial charge in [0.05, 0.1) is 20.6 Å². The molecule has 2 rings (SSSR count). The topological polar surface area (TPSA) is 85.3 Å². The maximum Gasteiger partial charge on any atom is 0.410 e. The number of amides is 1. The van der Waals surface area contributed by atoms with Gasteiger partial charge < -0.3 is 24.2 Å². The van der Waals surface area contributed by atoms with Crippen molar-refractivity contribution in [2.75, 3.05) is 27.3 Å². The van der Waals surface area contributed by atoms with Gasteiger partial charge in [-0.1, -0.05) is 6.07 Å². The van der Waals surface area contributed by atoms with E-state index in [4.69, 9.17) is 14.2 Å². The SMILES string of the molecule is COC(=O)CC(CC1CCN(C(=O)OC(C)(C)C)CC1)c1ccc(O)c(OC)c1. The highest BCUT2D eigenvalue weighted by atomic mass is 16.6. The molecule has 1 aliphatic heterocycles. The Morgan fingerprint density at radius 2 is 1.86 bits per heavy atom. The van der Waals surface area contributed by atoms with Crippen LogP contribution >= 0.6 is 0 Å². The molecule has 0 aliphatic carbocycles. The van der Waals surface area contributed by atoms with Gasteiger partial charge in [0.1, 0.15) is 5.60 Å². The van der Waals surface area contributed by atoms with Crippen LogP contribution in [0.3, 0.4) is 0 Å². The van der Waals surface area contributed by atoms with E-state index in [9.17, 15) is 14.7 Å². The zero-order valence-corrected chi connectivity index (χ0v) is 18.1. The van der Waals surface area contributed by atoms with E-state index < -0.39 is 5.60 Å². The van der Waals surface area contributed by atoms with E-state index >= 15 is 0 Å². The van der Waals surface area contributed by atoms with Gasteiger partial charge in [-0.25, -0.2) is 4.79 Å². The number of nitrogens with zero attached hydrogens (tertiary/aromatic N) is 1. The standard InChI is InChI=1S/C22H33NO6/c1-22(2,3)29-21(26)23-10-8-15(9-11-23)12-17(14-20(25)28-5)16-6-7-18(24)19(13-16)27-4/h6-7,13,15,17,24H,8-12,14H2,1-5H3. The van der Waals surface area contributed by atoms with Gasteiger partial charge in [-0.05, 0) is 69.6 Å². The van der Waals surface area contributed by atoms with E-state index in [0.29, 0.717) is 24.8 Å². The number of ether oxygens (including phenoxy) is 3. The molecule has 0 spiro atoms. The van der Waals surface area contributed by atoms with Crippen LogP contribution in [0, 0.1) is 5.92 Å². The molecule has 7 heteroatoms. The van der Waals surface area contributed by atoms with Crippen LogP contribution in [-0.4, -0.2) is 55.0 Å². The van der Waals surface area contributed by atoms with Crippen molar-refractivity contribution in [3.8, 4) is 11.5 Å². The molecule has 0 bridgehead atoms. The van der Waals surface area contributed by atoms with Gasteiger partial charge in [0.2, 0.25) is 0 Å². The number of hydrogen-bond acceptors (Lipinski definition) is 6. The summed E-state index contributed by atoms with van der Waals surface area (Å²) in [5.41, 5.74) is 0.428. The molecule has 1 aromatic rings.